The summed E-state index contributed by atoms with van der Waals surface area (Å²) < 4.78 is 2.80. The van der Waals surface area contributed by atoms with Crippen LogP contribution >= 0.6 is 11.6 Å². The fraction of sp³-hybridized carbons (Fsp3) is 0.105. The first-order chi connectivity index (χ1) is 13.0. The molecule has 0 N–H and O–H groups in total. The monoisotopic (exact) mass is 379 g/mol. The summed E-state index contributed by atoms with van der Waals surface area (Å²) in [5.74, 6) is 0.311. The molecule has 2 aliphatic heterocycles. The van der Waals surface area contributed by atoms with E-state index in [1.54, 1.807) is 53.5 Å². The Labute approximate surface area is 158 Å². The van der Waals surface area contributed by atoms with E-state index >= 15 is 0 Å². The maximum absolute atomic E-state index is 13.0. The van der Waals surface area contributed by atoms with Crippen molar-refractivity contribution >= 4 is 11.6 Å². The van der Waals surface area contributed by atoms with Crippen LogP contribution < -0.4 is 11.2 Å². The molecule has 7 nitrogen and oxygen atoms in total. The highest BCUT2D eigenvalue weighted by Crippen LogP contribution is 2.16. The van der Waals surface area contributed by atoms with E-state index in [-0.39, 0.29) is 5.28 Å². The lowest BCUT2D eigenvalue weighted by Gasteiger charge is -2.15. The van der Waals surface area contributed by atoms with Crippen molar-refractivity contribution in [1.82, 2.24) is 24.1 Å². The zero-order valence-electron chi connectivity index (χ0n) is 14.3. The Hall–Kier alpha value is -3.32. The smallest absolute Gasteiger partial charge is 0.328 e. The van der Waals surface area contributed by atoms with Gasteiger partial charge in [0.2, 0.25) is 5.28 Å². The van der Waals surface area contributed by atoms with Crippen molar-refractivity contribution in [2.45, 2.75) is 13.5 Å². The number of rotatable bonds is 3. The quantitative estimate of drug-likeness (QED) is 0.510. The second-order valence-electron chi connectivity index (χ2n) is 6.11. The number of halogens is 1. The summed E-state index contributed by atoms with van der Waals surface area (Å²) in [6, 6.07) is 10.6. The van der Waals surface area contributed by atoms with Gasteiger partial charge in [-0.1, -0.05) is 12.1 Å². The zero-order chi connectivity index (χ0) is 19.0. The number of benzene rings is 1. The molecule has 0 saturated carbocycles. The van der Waals surface area contributed by atoms with E-state index < -0.39 is 11.2 Å². The van der Waals surface area contributed by atoms with Crippen LogP contribution in [0.1, 0.15) is 11.1 Å². The minimum atomic E-state index is -0.620. The number of pyridine rings is 1. The zero-order valence-corrected chi connectivity index (χ0v) is 15.1. The van der Waals surface area contributed by atoms with Crippen molar-refractivity contribution in [2.24, 2.45) is 0 Å². The average Bonchev–Trinajstić information content (AvgIpc) is 2.64. The van der Waals surface area contributed by atoms with E-state index in [2.05, 4.69) is 15.0 Å². The first kappa shape index (κ1) is 17.1. The van der Waals surface area contributed by atoms with Crippen LogP contribution in [0, 0.1) is 6.92 Å². The largest absolute Gasteiger partial charge is 0.357 e. The van der Waals surface area contributed by atoms with E-state index in [1.807, 2.05) is 13.0 Å². The van der Waals surface area contributed by atoms with Crippen molar-refractivity contribution in [3.05, 3.63) is 92.2 Å². The number of hydrogen-bond acceptors (Lipinski definition) is 5. The van der Waals surface area contributed by atoms with Gasteiger partial charge in [0.15, 0.2) is 5.82 Å². The van der Waals surface area contributed by atoms with E-state index in [4.69, 9.17) is 11.6 Å². The second-order valence-corrected chi connectivity index (χ2v) is 6.45. The van der Waals surface area contributed by atoms with E-state index in [0.29, 0.717) is 23.6 Å². The molecule has 1 aromatic heterocycles. The van der Waals surface area contributed by atoms with Crippen LogP contribution in [-0.4, -0.2) is 24.1 Å². The van der Waals surface area contributed by atoms with Crippen LogP contribution in [0.3, 0.4) is 0 Å². The molecule has 0 radical (unpaired) electrons. The predicted octanol–water partition coefficient (Wildman–Crippen LogP) is 2.30. The van der Waals surface area contributed by atoms with E-state index in [1.165, 1.54) is 0 Å². The lowest BCUT2D eigenvalue weighted by molar-refractivity contribution is 0.747. The maximum atomic E-state index is 13.0. The Morgan fingerprint density at radius 2 is 1.85 bits per heavy atom. The first-order valence-electron chi connectivity index (χ1n) is 8.18. The van der Waals surface area contributed by atoms with Gasteiger partial charge < -0.3 is 4.57 Å². The number of aromatic nitrogens is 5. The molecule has 1 aromatic carbocycles. The van der Waals surface area contributed by atoms with Gasteiger partial charge in [-0.05, 0) is 48.4 Å². The van der Waals surface area contributed by atoms with Crippen LogP contribution in [0.5, 0.6) is 0 Å². The first-order valence-corrected chi connectivity index (χ1v) is 8.56. The number of fused-ring (bicyclic) bond motifs is 1. The standard InChI is InChI=1S/C19H14ClN5O2/c1-12-4-2-5-14(8-12)25-17(26)15-6-3-7-24(16(15)23-19(25)27)11-13-9-21-18(20)22-10-13/h2-10H,11H2,1H3. The molecule has 0 atom stereocenters. The molecule has 0 unspecified atom stereocenters. The van der Waals surface area contributed by atoms with Gasteiger partial charge in [-0.25, -0.2) is 19.3 Å². The topological polar surface area (TPSA) is 82.7 Å². The highest BCUT2D eigenvalue weighted by molar-refractivity contribution is 6.28. The summed E-state index contributed by atoms with van der Waals surface area (Å²) in [4.78, 5) is 37.6. The molecule has 27 heavy (non-hydrogen) atoms. The Morgan fingerprint density at radius 1 is 1.07 bits per heavy atom. The molecule has 2 aromatic rings. The summed E-state index contributed by atoms with van der Waals surface area (Å²) >= 11 is 5.71. The van der Waals surface area contributed by atoms with Gasteiger partial charge in [-0.2, -0.15) is 4.98 Å². The van der Waals surface area contributed by atoms with Crippen LogP contribution in [0.25, 0.3) is 17.1 Å². The lowest BCUT2D eigenvalue weighted by Crippen LogP contribution is -2.36. The van der Waals surface area contributed by atoms with Gasteiger partial charge >= 0.3 is 5.69 Å². The third-order valence-electron chi connectivity index (χ3n) is 4.15. The summed E-state index contributed by atoms with van der Waals surface area (Å²) in [7, 11) is 0. The molecule has 3 heterocycles. The molecule has 0 fully saturated rings. The highest BCUT2D eigenvalue weighted by Gasteiger charge is 2.18. The second kappa shape index (κ2) is 6.77. The van der Waals surface area contributed by atoms with Gasteiger partial charge in [-0.15, -0.1) is 0 Å². The third kappa shape index (κ3) is 3.24. The van der Waals surface area contributed by atoms with Crippen molar-refractivity contribution in [2.75, 3.05) is 0 Å². The van der Waals surface area contributed by atoms with Crippen LogP contribution in [0.4, 0.5) is 0 Å². The number of hydrogen-bond donors (Lipinski definition) is 0. The maximum Gasteiger partial charge on any atom is 0.357 e. The van der Waals surface area contributed by atoms with Gasteiger partial charge in [0.1, 0.15) is 0 Å². The lowest BCUT2D eigenvalue weighted by atomic mass is 10.2. The van der Waals surface area contributed by atoms with Gasteiger partial charge in [0.25, 0.3) is 5.56 Å². The molecule has 0 bridgehead atoms. The van der Waals surface area contributed by atoms with Gasteiger partial charge in [0, 0.05) is 24.2 Å². The van der Waals surface area contributed by atoms with Crippen molar-refractivity contribution in [1.29, 1.82) is 0 Å². The Morgan fingerprint density at radius 3 is 2.59 bits per heavy atom. The van der Waals surface area contributed by atoms with Gasteiger partial charge in [-0.3, -0.25) is 4.79 Å². The summed E-state index contributed by atoms with van der Waals surface area (Å²) in [5, 5.41) is 0.155. The van der Waals surface area contributed by atoms with Crippen LogP contribution in [-0.2, 0) is 6.54 Å². The molecule has 4 rings (SSSR count). The number of nitrogens with zero attached hydrogens (tertiary/aromatic N) is 5. The SMILES string of the molecule is Cc1cccc(-n2c(=O)nc3n(Cc4cnc(Cl)nc4)cccc-3c2=O)c1. The third-order valence-corrected chi connectivity index (χ3v) is 4.35. The molecule has 0 aliphatic carbocycles. The molecular weight excluding hydrogens is 366 g/mol. The summed E-state index contributed by atoms with van der Waals surface area (Å²) in [6.07, 6.45) is 4.93. The normalized spacial score (nSPS) is 11.0. The minimum Gasteiger partial charge on any atom is -0.328 e. The molecule has 0 amide bonds. The Bertz CT molecular complexity index is 1210. The Kier molecular flexibility index (Phi) is 4.29. The van der Waals surface area contributed by atoms with Crippen molar-refractivity contribution in [3.63, 3.8) is 0 Å². The number of aryl methyl sites for hydroxylation is 1. The predicted molar refractivity (Wildman–Crippen MR) is 102 cm³/mol. The minimum absolute atomic E-state index is 0.155. The van der Waals surface area contributed by atoms with Crippen molar-refractivity contribution in [3.8, 4) is 17.1 Å². The molecule has 134 valence electrons. The van der Waals surface area contributed by atoms with Crippen LogP contribution in [0.15, 0.2) is 64.6 Å². The molecule has 8 heteroatoms. The summed E-state index contributed by atoms with van der Waals surface area (Å²) in [6.45, 7) is 2.25. The van der Waals surface area contributed by atoms with E-state index in [9.17, 15) is 9.59 Å². The molecule has 0 saturated heterocycles. The van der Waals surface area contributed by atoms with E-state index in [0.717, 1.165) is 15.7 Å². The fourth-order valence-corrected chi connectivity index (χ4v) is 3.02. The Balaban J connectivity index is 1.87. The molecular formula is C19H14ClN5O2. The van der Waals surface area contributed by atoms with Gasteiger partial charge in [0.05, 0.1) is 17.8 Å². The molecule has 2 aliphatic rings. The van der Waals surface area contributed by atoms with Crippen molar-refractivity contribution < 1.29 is 0 Å². The molecule has 0 spiro atoms. The highest BCUT2D eigenvalue weighted by atomic mass is 35.5. The fourth-order valence-electron chi connectivity index (χ4n) is 2.92. The van der Waals surface area contributed by atoms with Crippen LogP contribution in [0.2, 0.25) is 5.28 Å². The summed E-state index contributed by atoms with van der Waals surface area (Å²) in [5.41, 5.74) is 1.55. The average molecular weight is 380 g/mol.